The molecule has 3 aromatic rings. The number of nitrogens with zero attached hydrogens (tertiary/aromatic N) is 1. The molecule has 0 unspecified atom stereocenters. The van der Waals surface area contributed by atoms with Crippen molar-refractivity contribution < 1.29 is 36.4 Å². The molecular formula is C26H21BrClNO8S2. The summed E-state index contributed by atoms with van der Waals surface area (Å²) < 4.78 is 47.4. The van der Waals surface area contributed by atoms with E-state index in [1.54, 1.807) is 30.3 Å². The van der Waals surface area contributed by atoms with Crippen LogP contribution in [0.25, 0.3) is 6.08 Å². The van der Waals surface area contributed by atoms with Crippen molar-refractivity contribution in [3.8, 4) is 23.0 Å². The van der Waals surface area contributed by atoms with Gasteiger partial charge in [-0.15, -0.1) is 0 Å². The van der Waals surface area contributed by atoms with Crippen LogP contribution < -0.4 is 18.4 Å². The van der Waals surface area contributed by atoms with Gasteiger partial charge < -0.3 is 18.4 Å². The molecular weight excluding hydrogens is 634 g/mol. The lowest BCUT2D eigenvalue weighted by Crippen LogP contribution is -2.32. The van der Waals surface area contributed by atoms with E-state index >= 15 is 0 Å². The van der Waals surface area contributed by atoms with Crippen LogP contribution in [0.15, 0.2) is 74.9 Å². The molecule has 0 N–H and O–H groups in total. The number of carbonyl (C=O) groups excluding carboxylic acids is 2. The summed E-state index contributed by atoms with van der Waals surface area (Å²) in [5.74, 6) is 0.581. The summed E-state index contributed by atoms with van der Waals surface area (Å²) in [4.78, 5) is 26.7. The number of ether oxygens (including phenoxy) is 3. The SMILES string of the molecule is COc1ccccc1OCCN1C(=O)S/C(=C\c2cc(Br)c(OS(=O)(=O)c3ccc(Cl)cc3)c(OC)c2)C1=O. The minimum atomic E-state index is -4.19. The van der Waals surface area contributed by atoms with Crippen molar-refractivity contribution in [2.75, 3.05) is 27.4 Å². The smallest absolute Gasteiger partial charge is 0.339 e. The van der Waals surface area contributed by atoms with E-state index in [2.05, 4.69) is 15.9 Å². The molecule has 39 heavy (non-hydrogen) atoms. The Bertz CT molecular complexity index is 1540. The van der Waals surface area contributed by atoms with E-state index in [1.165, 1.54) is 50.6 Å². The summed E-state index contributed by atoms with van der Waals surface area (Å²) in [5, 5.41) is -0.0552. The number of methoxy groups -OCH3 is 2. The van der Waals surface area contributed by atoms with Gasteiger partial charge >= 0.3 is 10.1 Å². The molecule has 1 fully saturated rings. The Morgan fingerprint density at radius 1 is 0.974 bits per heavy atom. The fourth-order valence-corrected chi connectivity index (χ4v) is 6.09. The van der Waals surface area contributed by atoms with Gasteiger partial charge in [-0.05, 0) is 87.9 Å². The summed E-state index contributed by atoms with van der Waals surface area (Å²) in [6.45, 7) is 0.127. The Morgan fingerprint density at radius 2 is 1.64 bits per heavy atom. The van der Waals surface area contributed by atoms with Crippen molar-refractivity contribution in [1.82, 2.24) is 4.90 Å². The second-order valence-electron chi connectivity index (χ2n) is 7.86. The molecule has 204 valence electrons. The highest BCUT2D eigenvalue weighted by Gasteiger charge is 2.35. The van der Waals surface area contributed by atoms with Crippen LogP contribution in [-0.4, -0.2) is 51.8 Å². The van der Waals surface area contributed by atoms with Crippen LogP contribution in [0.1, 0.15) is 5.56 Å². The number of halogens is 2. The normalized spacial score (nSPS) is 14.6. The number of imide groups is 1. The molecule has 13 heteroatoms. The first-order valence-electron chi connectivity index (χ1n) is 11.2. The van der Waals surface area contributed by atoms with Crippen molar-refractivity contribution in [2.45, 2.75) is 4.90 Å². The molecule has 0 aliphatic carbocycles. The Morgan fingerprint density at radius 3 is 2.31 bits per heavy atom. The van der Waals surface area contributed by atoms with Gasteiger partial charge in [0.1, 0.15) is 11.5 Å². The van der Waals surface area contributed by atoms with E-state index in [9.17, 15) is 18.0 Å². The number of carbonyl (C=O) groups is 2. The largest absolute Gasteiger partial charge is 0.493 e. The van der Waals surface area contributed by atoms with Gasteiger partial charge in [-0.2, -0.15) is 8.42 Å². The van der Waals surface area contributed by atoms with E-state index < -0.39 is 21.3 Å². The summed E-state index contributed by atoms with van der Waals surface area (Å²) in [7, 11) is -1.32. The van der Waals surface area contributed by atoms with E-state index in [4.69, 9.17) is 30.0 Å². The van der Waals surface area contributed by atoms with Crippen LogP contribution in [0.4, 0.5) is 4.79 Å². The number of thioether (sulfide) groups is 1. The summed E-state index contributed by atoms with van der Waals surface area (Å²) >= 11 is 9.95. The van der Waals surface area contributed by atoms with Crippen LogP contribution >= 0.6 is 39.3 Å². The Balaban J connectivity index is 1.50. The zero-order chi connectivity index (χ0) is 28.2. The third kappa shape index (κ3) is 6.70. The first-order valence-corrected chi connectivity index (χ1v) is 14.6. The summed E-state index contributed by atoms with van der Waals surface area (Å²) in [6, 6.07) is 15.6. The molecule has 3 aromatic carbocycles. The van der Waals surface area contributed by atoms with Gasteiger partial charge in [0.25, 0.3) is 11.1 Å². The first-order chi connectivity index (χ1) is 18.6. The number of hydrogen-bond donors (Lipinski definition) is 0. The quantitative estimate of drug-likeness (QED) is 0.192. The molecule has 1 heterocycles. The Labute approximate surface area is 242 Å². The third-order valence-corrected chi connectivity index (χ3v) is 8.34. The Kier molecular flexibility index (Phi) is 9.11. The van der Waals surface area contributed by atoms with E-state index in [0.717, 1.165) is 16.7 Å². The highest BCUT2D eigenvalue weighted by molar-refractivity contribution is 9.10. The second kappa shape index (κ2) is 12.3. The molecule has 2 amide bonds. The molecule has 1 aliphatic rings. The topological polar surface area (TPSA) is 108 Å². The van der Waals surface area contributed by atoms with Crippen molar-refractivity contribution in [2.24, 2.45) is 0 Å². The summed E-state index contributed by atoms with van der Waals surface area (Å²) in [6.07, 6.45) is 1.51. The number of amides is 2. The maximum absolute atomic E-state index is 12.9. The van der Waals surface area contributed by atoms with Gasteiger partial charge in [0, 0.05) is 5.02 Å². The highest BCUT2D eigenvalue weighted by Crippen LogP contribution is 2.40. The summed E-state index contributed by atoms with van der Waals surface area (Å²) in [5.41, 5.74) is 0.478. The number of para-hydroxylation sites is 2. The van der Waals surface area contributed by atoms with E-state index in [-0.39, 0.29) is 38.9 Å². The fraction of sp³-hybridized carbons (Fsp3) is 0.154. The molecule has 1 aliphatic heterocycles. The molecule has 0 bridgehead atoms. The van der Waals surface area contributed by atoms with E-state index in [1.807, 2.05) is 0 Å². The van der Waals surface area contributed by atoms with Gasteiger partial charge in [-0.3, -0.25) is 14.5 Å². The zero-order valence-electron chi connectivity index (χ0n) is 20.6. The fourth-order valence-electron chi connectivity index (χ4n) is 3.49. The number of rotatable bonds is 10. The molecule has 0 radical (unpaired) electrons. The molecule has 0 aromatic heterocycles. The third-order valence-electron chi connectivity index (χ3n) is 5.36. The first kappa shape index (κ1) is 28.8. The number of benzene rings is 3. The van der Waals surface area contributed by atoms with Crippen LogP contribution in [0.2, 0.25) is 5.02 Å². The monoisotopic (exact) mass is 653 g/mol. The minimum absolute atomic E-state index is 0.0441. The zero-order valence-corrected chi connectivity index (χ0v) is 24.5. The maximum Gasteiger partial charge on any atom is 0.339 e. The van der Waals surface area contributed by atoms with Crippen molar-refractivity contribution >= 4 is 66.6 Å². The van der Waals surface area contributed by atoms with Gasteiger partial charge in [0.2, 0.25) is 0 Å². The molecule has 1 saturated heterocycles. The minimum Gasteiger partial charge on any atom is -0.493 e. The lowest BCUT2D eigenvalue weighted by Gasteiger charge is -2.15. The van der Waals surface area contributed by atoms with Crippen LogP contribution in [0.3, 0.4) is 0 Å². The second-order valence-corrected chi connectivity index (χ2v) is 11.7. The maximum atomic E-state index is 12.9. The average Bonchev–Trinajstić information content (AvgIpc) is 3.17. The lowest BCUT2D eigenvalue weighted by atomic mass is 10.2. The van der Waals surface area contributed by atoms with Crippen molar-refractivity contribution in [3.05, 3.63) is 80.6 Å². The van der Waals surface area contributed by atoms with Crippen LogP contribution in [0, 0.1) is 0 Å². The molecule has 0 atom stereocenters. The van der Waals surface area contributed by atoms with Crippen LogP contribution in [0.5, 0.6) is 23.0 Å². The highest BCUT2D eigenvalue weighted by atomic mass is 79.9. The van der Waals surface area contributed by atoms with E-state index in [0.29, 0.717) is 22.1 Å². The predicted molar refractivity (Wildman–Crippen MR) is 151 cm³/mol. The molecule has 9 nitrogen and oxygen atoms in total. The van der Waals surface area contributed by atoms with Crippen LogP contribution in [-0.2, 0) is 14.9 Å². The van der Waals surface area contributed by atoms with Crippen molar-refractivity contribution in [3.63, 3.8) is 0 Å². The molecule has 0 saturated carbocycles. The molecule has 4 rings (SSSR count). The van der Waals surface area contributed by atoms with Crippen molar-refractivity contribution in [1.29, 1.82) is 0 Å². The lowest BCUT2D eigenvalue weighted by molar-refractivity contribution is -0.123. The molecule has 0 spiro atoms. The average molecular weight is 655 g/mol. The standard InChI is InChI=1S/C26H21BrClNO8S2/c1-34-20-5-3-4-6-21(20)36-12-11-29-25(30)23(38-26(29)31)15-16-13-19(27)24(22(14-16)35-2)37-39(32,33)18-9-7-17(28)8-10-18/h3-10,13-15H,11-12H2,1-2H3/b23-15-. The van der Waals surface area contributed by atoms with Gasteiger partial charge in [-0.25, -0.2) is 0 Å². The number of hydrogen-bond acceptors (Lipinski definition) is 9. The Hall–Kier alpha value is -3.19. The predicted octanol–water partition coefficient (Wildman–Crippen LogP) is 6.00. The van der Waals surface area contributed by atoms with Gasteiger partial charge in [-0.1, -0.05) is 23.7 Å². The van der Waals surface area contributed by atoms with Gasteiger partial charge in [0.15, 0.2) is 23.0 Å². The van der Waals surface area contributed by atoms with Gasteiger partial charge in [0.05, 0.1) is 30.1 Å².